The lowest BCUT2D eigenvalue weighted by atomic mass is 10.1. The third-order valence-corrected chi connectivity index (χ3v) is 4.69. The van der Waals surface area contributed by atoms with Gasteiger partial charge in [-0.05, 0) is 30.8 Å². The molecule has 1 atom stereocenters. The SMILES string of the molecule is NCC(CCl)COc1ccncc1NC(=O)c1cccc(-c2c(F)cccc2F)n1. The molecular formula is C21H19ClF2N4O2. The second-order valence-corrected chi connectivity index (χ2v) is 6.71. The van der Waals surface area contributed by atoms with E-state index in [2.05, 4.69) is 15.3 Å². The van der Waals surface area contributed by atoms with Gasteiger partial charge in [0.25, 0.3) is 5.91 Å². The highest BCUT2D eigenvalue weighted by atomic mass is 35.5. The minimum atomic E-state index is -0.767. The van der Waals surface area contributed by atoms with Crippen molar-refractivity contribution < 1.29 is 18.3 Å². The summed E-state index contributed by atoms with van der Waals surface area (Å²) in [5.74, 6) is -1.43. The summed E-state index contributed by atoms with van der Waals surface area (Å²) < 4.78 is 33.8. The smallest absolute Gasteiger partial charge is 0.274 e. The third-order valence-electron chi connectivity index (χ3n) is 4.26. The first-order valence-electron chi connectivity index (χ1n) is 9.09. The summed E-state index contributed by atoms with van der Waals surface area (Å²) in [5.41, 5.74) is 5.62. The number of nitrogens with one attached hydrogen (secondary N) is 1. The number of carbonyl (C=O) groups is 1. The minimum absolute atomic E-state index is 0.00816. The molecular weight excluding hydrogens is 414 g/mol. The number of benzene rings is 1. The lowest BCUT2D eigenvalue weighted by molar-refractivity contribution is 0.102. The van der Waals surface area contributed by atoms with E-state index in [0.29, 0.717) is 23.9 Å². The Morgan fingerprint density at radius 3 is 2.60 bits per heavy atom. The Morgan fingerprint density at radius 1 is 1.17 bits per heavy atom. The molecule has 0 radical (unpaired) electrons. The van der Waals surface area contributed by atoms with Gasteiger partial charge in [-0.3, -0.25) is 9.78 Å². The van der Waals surface area contributed by atoms with E-state index in [-0.39, 0.29) is 29.5 Å². The van der Waals surface area contributed by atoms with Crippen LogP contribution in [0.5, 0.6) is 5.75 Å². The van der Waals surface area contributed by atoms with E-state index in [1.54, 1.807) is 6.07 Å². The van der Waals surface area contributed by atoms with Gasteiger partial charge in [0, 0.05) is 24.1 Å². The quantitative estimate of drug-likeness (QED) is 0.527. The summed E-state index contributed by atoms with van der Waals surface area (Å²) in [4.78, 5) is 20.8. The maximum atomic E-state index is 14.1. The van der Waals surface area contributed by atoms with Crippen LogP contribution in [0.3, 0.4) is 0 Å². The monoisotopic (exact) mass is 432 g/mol. The molecule has 2 heterocycles. The maximum Gasteiger partial charge on any atom is 0.274 e. The van der Waals surface area contributed by atoms with Crippen molar-refractivity contribution in [2.24, 2.45) is 11.7 Å². The van der Waals surface area contributed by atoms with Gasteiger partial charge in [-0.2, -0.15) is 0 Å². The Morgan fingerprint density at radius 2 is 1.90 bits per heavy atom. The summed E-state index contributed by atoms with van der Waals surface area (Å²) in [5, 5.41) is 2.65. The lowest BCUT2D eigenvalue weighted by Crippen LogP contribution is -2.23. The third kappa shape index (κ3) is 5.08. The van der Waals surface area contributed by atoms with Crippen LogP contribution in [-0.4, -0.2) is 34.9 Å². The number of aromatic nitrogens is 2. The molecule has 0 aliphatic carbocycles. The number of hydrogen-bond donors (Lipinski definition) is 2. The van der Waals surface area contributed by atoms with Gasteiger partial charge >= 0.3 is 0 Å². The second-order valence-electron chi connectivity index (χ2n) is 6.40. The van der Waals surface area contributed by atoms with E-state index in [1.807, 2.05) is 0 Å². The zero-order valence-corrected chi connectivity index (χ0v) is 16.6. The Hall–Kier alpha value is -3.10. The maximum absolute atomic E-state index is 14.1. The van der Waals surface area contributed by atoms with Crippen LogP contribution >= 0.6 is 11.6 Å². The van der Waals surface area contributed by atoms with Crippen molar-refractivity contribution in [1.82, 2.24) is 9.97 Å². The van der Waals surface area contributed by atoms with Gasteiger partial charge in [0.2, 0.25) is 0 Å². The van der Waals surface area contributed by atoms with E-state index in [4.69, 9.17) is 22.1 Å². The van der Waals surface area contributed by atoms with Gasteiger partial charge in [0.05, 0.1) is 24.1 Å². The van der Waals surface area contributed by atoms with Crippen molar-refractivity contribution >= 4 is 23.2 Å². The Bertz CT molecular complexity index is 1010. The molecule has 1 aromatic carbocycles. The van der Waals surface area contributed by atoms with E-state index in [1.165, 1.54) is 36.7 Å². The van der Waals surface area contributed by atoms with Crippen LogP contribution in [0.1, 0.15) is 10.5 Å². The molecule has 6 nitrogen and oxygen atoms in total. The topological polar surface area (TPSA) is 90.1 Å². The van der Waals surface area contributed by atoms with Gasteiger partial charge < -0.3 is 15.8 Å². The molecule has 0 saturated carbocycles. The number of ether oxygens (including phenoxy) is 1. The van der Waals surface area contributed by atoms with Crippen molar-refractivity contribution in [3.63, 3.8) is 0 Å². The summed E-state index contributed by atoms with van der Waals surface area (Å²) >= 11 is 5.82. The summed E-state index contributed by atoms with van der Waals surface area (Å²) in [6.07, 6.45) is 2.94. The van der Waals surface area contributed by atoms with E-state index in [0.717, 1.165) is 12.1 Å². The summed E-state index contributed by atoms with van der Waals surface area (Å²) in [6, 6.07) is 9.46. The molecule has 0 fully saturated rings. The molecule has 9 heteroatoms. The highest BCUT2D eigenvalue weighted by molar-refractivity contribution is 6.18. The van der Waals surface area contributed by atoms with Gasteiger partial charge in [-0.25, -0.2) is 13.8 Å². The average Bonchev–Trinajstić information content (AvgIpc) is 2.75. The van der Waals surface area contributed by atoms with Crippen molar-refractivity contribution in [2.45, 2.75) is 0 Å². The molecule has 0 bridgehead atoms. The molecule has 156 valence electrons. The molecule has 3 rings (SSSR count). The van der Waals surface area contributed by atoms with E-state index < -0.39 is 17.5 Å². The number of hydrogen-bond acceptors (Lipinski definition) is 5. The molecule has 3 aromatic rings. The lowest BCUT2D eigenvalue weighted by Gasteiger charge is -2.15. The number of nitrogens with zero attached hydrogens (tertiary/aromatic N) is 2. The number of halogens is 3. The number of amides is 1. The molecule has 1 unspecified atom stereocenters. The molecule has 1 amide bonds. The predicted octanol–water partition coefficient (Wildman–Crippen LogP) is 3.87. The number of anilines is 1. The van der Waals surface area contributed by atoms with Crippen LogP contribution < -0.4 is 15.8 Å². The Kier molecular flexibility index (Phi) is 7.26. The van der Waals surface area contributed by atoms with Crippen LogP contribution in [0.25, 0.3) is 11.3 Å². The number of alkyl halides is 1. The van der Waals surface area contributed by atoms with Gasteiger partial charge in [-0.15, -0.1) is 11.6 Å². The molecule has 0 saturated heterocycles. The van der Waals surface area contributed by atoms with E-state index in [9.17, 15) is 13.6 Å². The number of nitrogens with two attached hydrogens (primary N) is 1. The van der Waals surface area contributed by atoms with Crippen LogP contribution in [0.4, 0.5) is 14.5 Å². The van der Waals surface area contributed by atoms with Crippen LogP contribution in [0.2, 0.25) is 0 Å². The van der Waals surface area contributed by atoms with Gasteiger partial charge in [-0.1, -0.05) is 12.1 Å². The van der Waals surface area contributed by atoms with E-state index >= 15 is 0 Å². The zero-order chi connectivity index (χ0) is 21.5. The van der Waals surface area contributed by atoms with Crippen LogP contribution in [0, 0.1) is 17.6 Å². The number of pyridine rings is 2. The van der Waals surface area contributed by atoms with Crippen molar-refractivity contribution in [3.05, 3.63) is 72.2 Å². The van der Waals surface area contributed by atoms with Crippen molar-refractivity contribution in [3.8, 4) is 17.0 Å². The van der Waals surface area contributed by atoms with Gasteiger partial charge in [0.15, 0.2) is 0 Å². The number of carbonyl (C=O) groups excluding carboxylic acids is 1. The Labute approximate surface area is 177 Å². The van der Waals surface area contributed by atoms with Crippen LogP contribution in [0.15, 0.2) is 54.9 Å². The first kappa shape index (κ1) is 21.6. The summed E-state index contributed by atoms with van der Waals surface area (Å²) in [6.45, 7) is 0.632. The first-order chi connectivity index (χ1) is 14.5. The average molecular weight is 433 g/mol. The molecule has 30 heavy (non-hydrogen) atoms. The molecule has 0 spiro atoms. The molecule has 2 aromatic heterocycles. The Balaban J connectivity index is 1.81. The van der Waals surface area contributed by atoms with Crippen molar-refractivity contribution in [2.75, 3.05) is 24.3 Å². The fourth-order valence-corrected chi connectivity index (χ4v) is 2.83. The molecule has 0 aliphatic rings. The normalized spacial score (nSPS) is 11.7. The van der Waals surface area contributed by atoms with Crippen molar-refractivity contribution in [1.29, 1.82) is 0 Å². The first-order valence-corrected chi connectivity index (χ1v) is 9.62. The minimum Gasteiger partial charge on any atom is -0.491 e. The fourth-order valence-electron chi connectivity index (χ4n) is 2.61. The summed E-state index contributed by atoms with van der Waals surface area (Å²) in [7, 11) is 0. The largest absolute Gasteiger partial charge is 0.491 e. The standard InChI is InChI=1S/C21H19ClF2N4O2/c22-9-13(10-25)12-30-19-7-8-26-11-18(19)28-21(29)17-6-2-5-16(27-17)20-14(23)3-1-4-15(20)24/h1-8,11,13H,9-10,12,25H2,(H,28,29). The zero-order valence-electron chi connectivity index (χ0n) is 15.8. The van der Waals surface area contributed by atoms with Gasteiger partial charge in [0.1, 0.15) is 28.8 Å². The molecule has 3 N–H and O–H groups in total. The second kappa shape index (κ2) is 10.1. The predicted molar refractivity (Wildman–Crippen MR) is 111 cm³/mol. The highest BCUT2D eigenvalue weighted by Crippen LogP contribution is 2.26. The molecule has 0 aliphatic heterocycles. The fraction of sp³-hybridized carbons (Fsp3) is 0.190. The highest BCUT2D eigenvalue weighted by Gasteiger charge is 2.17. The number of rotatable bonds is 8. The van der Waals surface area contributed by atoms with Crippen LogP contribution in [-0.2, 0) is 0 Å².